The highest BCUT2D eigenvalue weighted by Crippen LogP contribution is 2.16. The Bertz CT molecular complexity index is 169. The van der Waals surface area contributed by atoms with Crippen LogP contribution in [0.25, 0.3) is 0 Å². The van der Waals surface area contributed by atoms with Gasteiger partial charge in [0.25, 0.3) is 0 Å². The lowest BCUT2D eigenvalue weighted by atomic mass is 10.2. The van der Waals surface area contributed by atoms with Gasteiger partial charge in [-0.15, -0.1) is 0 Å². The molecule has 4 nitrogen and oxygen atoms in total. The van der Waals surface area contributed by atoms with Crippen LogP contribution < -0.4 is 0 Å². The zero-order chi connectivity index (χ0) is 10.6. The van der Waals surface area contributed by atoms with E-state index in [9.17, 15) is 5.11 Å². The lowest BCUT2D eigenvalue weighted by Gasteiger charge is -2.14. The second-order valence-electron chi connectivity index (χ2n) is 2.63. The van der Waals surface area contributed by atoms with E-state index in [1.54, 1.807) is 7.11 Å². The summed E-state index contributed by atoms with van der Waals surface area (Å²) < 4.78 is 29.6. The summed E-state index contributed by atoms with van der Waals surface area (Å²) >= 11 is 0. The van der Waals surface area contributed by atoms with E-state index in [0.717, 1.165) is 0 Å². The fourth-order valence-electron chi connectivity index (χ4n) is 0.956. The monoisotopic (exact) mass is 179 g/mol. The van der Waals surface area contributed by atoms with E-state index in [-0.39, 0.29) is 6.90 Å². The zero-order valence-electron chi connectivity index (χ0n) is 9.10. The minimum Gasteiger partial charge on any atom is -0.388 e. The van der Waals surface area contributed by atoms with Gasteiger partial charge in [0.15, 0.2) is 0 Å². The maximum absolute atomic E-state index is 9.59. The average molecular weight is 179 g/mol. The predicted octanol–water partition coefficient (Wildman–Crippen LogP) is -0.202. The van der Waals surface area contributed by atoms with Crippen LogP contribution in [-0.4, -0.2) is 50.3 Å². The Morgan fingerprint density at radius 2 is 2.67 bits per heavy atom. The molecule has 1 fully saturated rings. The summed E-state index contributed by atoms with van der Waals surface area (Å²) in [7, 11) is 1.55. The van der Waals surface area contributed by atoms with E-state index >= 15 is 0 Å². The van der Waals surface area contributed by atoms with Crippen LogP contribution >= 0.6 is 0 Å². The van der Waals surface area contributed by atoms with Crippen LogP contribution in [0.1, 0.15) is 9.64 Å². The molecule has 0 aromatic heterocycles. The zero-order valence-corrected chi connectivity index (χ0v) is 7.10. The van der Waals surface area contributed by atoms with E-state index in [0.29, 0.717) is 13.2 Å². The van der Waals surface area contributed by atoms with Crippen LogP contribution in [0.2, 0.25) is 0 Å². The fourth-order valence-corrected chi connectivity index (χ4v) is 0.956. The molecule has 1 heterocycles. The summed E-state index contributed by atoms with van der Waals surface area (Å²) in [6, 6.07) is 0. The summed E-state index contributed by atoms with van der Waals surface area (Å²) in [6.45, 7) is -0.221. The summed E-state index contributed by atoms with van der Waals surface area (Å²) in [5, 5.41) is 9.59. The Kier molecular flexibility index (Phi) is 2.88. The maximum atomic E-state index is 9.59. The van der Waals surface area contributed by atoms with Gasteiger partial charge in [-0.2, -0.15) is 0 Å². The van der Waals surface area contributed by atoms with Gasteiger partial charge in [0.2, 0.25) is 0 Å². The molecule has 0 aliphatic carbocycles. The molecule has 0 unspecified atom stereocenters. The Morgan fingerprint density at radius 3 is 3.25 bits per heavy atom. The second kappa shape index (κ2) is 4.77. The van der Waals surface area contributed by atoms with E-state index in [4.69, 9.17) is 17.0 Å². The summed E-state index contributed by atoms with van der Waals surface area (Å²) in [6.07, 6.45) is -2.16. The molecule has 1 N–H and O–H groups in total. The first kappa shape index (κ1) is 7.26. The smallest absolute Gasteiger partial charge is 0.109 e. The Labute approximate surface area is 75.2 Å². The molecule has 1 aliphatic heterocycles. The van der Waals surface area contributed by atoms with Crippen LogP contribution in [0.5, 0.6) is 0 Å². The maximum Gasteiger partial charge on any atom is 0.109 e. The SMILES string of the molecule is [2H]C[C@H]1O[C@H]([3H])[C@H](OCCOC)[C@@H]1O. The molecule has 0 saturated carbocycles. The summed E-state index contributed by atoms with van der Waals surface area (Å²) in [4.78, 5) is 0. The third-order valence-corrected chi connectivity index (χ3v) is 1.70. The van der Waals surface area contributed by atoms with Crippen molar-refractivity contribution in [1.29, 1.82) is 0 Å². The third-order valence-electron chi connectivity index (χ3n) is 1.70. The van der Waals surface area contributed by atoms with Gasteiger partial charge in [-0.3, -0.25) is 0 Å². The number of hydrogen-bond donors (Lipinski definition) is 1. The molecule has 0 spiro atoms. The van der Waals surface area contributed by atoms with Crippen LogP contribution in [0.15, 0.2) is 0 Å². The molecule has 1 aliphatic rings. The largest absolute Gasteiger partial charge is 0.388 e. The van der Waals surface area contributed by atoms with Crippen molar-refractivity contribution in [3.8, 4) is 0 Å². The van der Waals surface area contributed by atoms with Crippen molar-refractivity contribution in [2.75, 3.05) is 26.9 Å². The number of aliphatic hydroxyl groups is 1. The van der Waals surface area contributed by atoms with Crippen molar-refractivity contribution < 1.29 is 22.1 Å². The molecule has 1 saturated heterocycles. The number of hydrogen-bond acceptors (Lipinski definition) is 4. The van der Waals surface area contributed by atoms with Crippen molar-refractivity contribution in [3.63, 3.8) is 0 Å². The lowest BCUT2D eigenvalue weighted by molar-refractivity contribution is -0.0324. The fraction of sp³-hybridized carbons (Fsp3) is 1.00. The highest BCUT2D eigenvalue weighted by molar-refractivity contribution is 4.81. The third kappa shape index (κ3) is 2.42. The van der Waals surface area contributed by atoms with Crippen molar-refractivity contribution in [2.24, 2.45) is 0 Å². The van der Waals surface area contributed by atoms with E-state index in [2.05, 4.69) is 0 Å². The quantitative estimate of drug-likeness (QED) is 0.607. The molecule has 1 rings (SSSR count). The van der Waals surface area contributed by atoms with Gasteiger partial charge in [-0.1, -0.05) is 0 Å². The standard InChI is InChI=1S/C8H16O4/c1-6-8(9)7(5-12-6)11-4-3-10-2/h6-9H,3-5H2,1-2H3/t6-,7+,8-/m1/s1/i1D,5T/t5-,6-,7+,8-. The first-order chi connectivity index (χ1) is 6.70. The molecule has 0 aromatic rings. The van der Waals surface area contributed by atoms with E-state index in [1.165, 1.54) is 0 Å². The number of rotatable bonds is 4. The molecular weight excluding hydrogens is 160 g/mol. The number of methoxy groups -OCH3 is 1. The molecular formula is C8H16O4. The van der Waals surface area contributed by atoms with Crippen molar-refractivity contribution in [2.45, 2.75) is 25.2 Å². The van der Waals surface area contributed by atoms with Crippen molar-refractivity contribution >= 4 is 0 Å². The molecule has 4 atom stereocenters. The van der Waals surface area contributed by atoms with Gasteiger partial charge >= 0.3 is 0 Å². The van der Waals surface area contributed by atoms with E-state index < -0.39 is 24.9 Å². The molecule has 4 heteroatoms. The van der Waals surface area contributed by atoms with Gasteiger partial charge in [0.1, 0.15) is 12.2 Å². The normalized spacial score (nSPS) is 44.2. The summed E-state index contributed by atoms with van der Waals surface area (Å²) in [5.41, 5.74) is 0. The van der Waals surface area contributed by atoms with Crippen molar-refractivity contribution in [3.05, 3.63) is 0 Å². The Hall–Kier alpha value is -0.160. The van der Waals surface area contributed by atoms with Crippen LogP contribution in [0.4, 0.5) is 0 Å². The van der Waals surface area contributed by atoms with Crippen LogP contribution in [0, 0.1) is 0 Å². The topological polar surface area (TPSA) is 47.9 Å². The van der Waals surface area contributed by atoms with Crippen molar-refractivity contribution in [1.82, 2.24) is 0 Å². The molecule has 0 radical (unpaired) electrons. The van der Waals surface area contributed by atoms with Gasteiger partial charge in [-0.05, 0) is 6.90 Å². The minimum atomic E-state index is -0.905. The van der Waals surface area contributed by atoms with E-state index in [1.807, 2.05) is 0 Å². The predicted molar refractivity (Wildman–Crippen MR) is 43.0 cm³/mol. The van der Waals surface area contributed by atoms with Gasteiger partial charge in [-0.25, -0.2) is 0 Å². The second-order valence-corrected chi connectivity index (χ2v) is 2.63. The molecule has 12 heavy (non-hydrogen) atoms. The first-order valence-electron chi connectivity index (χ1n) is 5.14. The minimum absolute atomic E-state index is 0.0549. The van der Waals surface area contributed by atoms with Gasteiger partial charge in [0.05, 0.1) is 27.3 Å². The Morgan fingerprint density at radius 1 is 1.83 bits per heavy atom. The number of aliphatic hydroxyl groups excluding tert-OH is 1. The molecule has 72 valence electrons. The molecule has 0 bridgehead atoms. The Balaban J connectivity index is 2.36. The first-order valence-corrected chi connectivity index (χ1v) is 3.86. The van der Waals surface area contributed by atoms with Gasteiger partial charge < -0.3 is 19.3 Å². The highest BCUT2D eigenvalue weighted by atomic mass is 16.6. The lowest BCUT2D eigenvalue weighted by Crippen LogP contribution is -2.31. The molecule has 0 aromatic carbocycles. The highest BCUT2D eigenvalue weighted by Gasteiger charge is 2.33. The van der Waals surface area contributed by atoms with Crippen LogP contribution in [-0.2, 0) is 14.2 Å². The average Bonchev–Trinajstić information content (AvgIpc) is 2.45. The summed E-state index contributed by atoms with van der Waals surface area (Å²) in [5.74, 6) is 0. The van der Waals surface area contributed by atoms with Crippen LogP contribution in [0.3, 0.4) is 0 Å². The van der Waals surface area contributed by atoms with Gasteiger partial charge in [0, 0.05) is 8.48 Å². The molecule has 0 amide bonds. The number of ether oxygens (including phenoxy) is 3.